The molecule has 0 amide bonds. The SMILES string of the molecule is O=[N+]([O-])c1cccc(C=CC=Nc2ccc(-c3nc4cc(Cl)ccc4o3)cc2)c1. The van der Waals surface area contributed by atoms with E-state index in [0.717, 1.165) is 16.8 Å². The van der Waals surface area contributed by atoms with Crippen LogP contribution < -0.4 is 0 Å². The van der Waals surface area contributed by atoms with Gasteiger partial charge >= 0.3 is 0 Å². The van der Waals surface area contributed by atoms with Crippen molar-refractivity contribution in [2.45, 2.75) is 0 Å². The summed E-state index contributed by atoms with van der Waals surface area (Å²) in [6, 6.07) is 19.2. The van der Waals surface area contributed by atoms with E-state index in [-0.39, 0.29) is 5.69 Å². The molecule has 0 radical (unpaired) electrons. The van der Waals surface area contributed by atoms with Crippen molar-refractivity contribution in [3.8, 4) is 11.5 Å². The maximum atomic E-state index is 10.8. The number of aromatic nitrogens is 1. The number of allylic oxidation sites excluding steroid dienone is 1. The Labute approximate surface area is 170 Å². The molecule has 0 saturated heterocycles. The minimum absolute atomic E-state index is 0.0566. The van der Waals surface area contributed by atoms with E-state index < -0.39 is 4.92 Å². The summed E-state index contributed by atoms with van der Waals surface area (Å²) >= 11 is 5.98. The van der Waals surface area contributed by atoms with Gasteiger partial charge in [0.2, 0.25) is 5.89 Å². The Morgan fingerprint density at radius 2 is 1.90 bits per heavy atom. The van der Waals surface area contributed by atoms with E-state index in [1.54, 1.807) is 48.7 Å². The highest BCUT2D eigenvalue weighted by Gasteiger charge is 2.08. The van der Waals surface area contributed by atoms with Gasteiger partial charge in [0.05, 0.1) is 10.6 Å². The Hall–Kier alpha value is -3.77. The number of fused-ring (bicyclic) bond motifs is 1. The third-order valence-electron chi connectivity index (χ3n) is 4.14. The van der Waals surface area contributed by atoms with Gasteiger partial charge in [-0.2, -0.15) is 0 Å². The van der Waals surface area contributed by atoms with Gasteiger partial charge in [-0.05, 0) is 54.1 Å². The first-order valence-corrected chi connectivity index (χ1v) is 9.08. The van der Waals surface area contributed by atoms with Crippen molar-refractivity contribution < 1.29 is 9.34 Å². The van der Waals surface area contributed by atoms with Crippen LogP contribution in [0.25, 0.3) is 28.6 Å². The van der Waals surface area contributed by atoms with Crippen molar-refractivity contribution in [1.29, 1.82) is 0 Å². The summed E-state index contributed by atoms with van der Waals surface area (Å²) in [5.74, 6) is 0.517. The fraction of sp³-hybridized carbons (Fsp3) is 0. The average Bonchev–Trinajstić information content (AvgIpc) is 3.15. The predicted molar refractivity (Wildman–Crippen MR) is 115 cm³/mol. The van der Waals surface area contributed by atoms with E-state index in [4.69, 9.17) is 16.0 Å². The number of rotatable bonds is 5. The van der Waals surface area contributed by atoms with Gasteiger partial charge in [-0.15, -0.1) is 0 Å². The molecule has 3 aromatic carbocycles. The number of nitro benzene ring substituents is 1. The van der Waals surface area contributed by atoms with Crippen LogP contribution in [-0.4, -0.2) is 16.1 Å². The molecule has 4 aromatic rings. The number of aliphatic imine (C=N–C) groups is 1. The van der Waals surface area contributed by atoms with Gasteiger partial charge in [-0.1, -0.05) is 29.8 Å². The molecule has 0 saturated carbocycles. The van der Waals surface area contributed by atoms with Gasteiger partial charge in [0.25, 0.3) is 5.69 Å². The van der Waals surface area contributed by atoms with Crippen molar-refractivity contribution in [3.63, 3.8) is 0 Å². The average molecular weight is 404 g/mol. The quantitative estimate of drug-likeness (QED) is 0.217. The smallest absolute Gasteiger partial charge is 0.270 e. The standard InChI is InChI=1S/C22H14ClN3O3/c23-17-8-11-21-20(14-17)25-22(29-21)16-6-9-18(10-7-16)24-12-2-4-15-3-1-5-19(13-15)26(27)28/h1-14H. The minimum Gasteiger partial charge on any atom is -0.436 e. The van der Waals surface area contributed by atoms with Gasteiger partial charge in [-0.3, -0.25) is 15.1 Å². The molecular formula is C22H14ClN3O3. The molecule has 6 nitrogen and oxygen atoms in total. The fourth-order valence-electron chi connectivity index (χ4n) is 2.74. The molecule has 0 bridgehead atoms. The van der Waals surface area contributed by atoms with Crippen LogP contribution in [0.5, 0.6) is 0 Å². The predicted octanol–water partition coefficient (Wildman–Crippen LogP) is 6.47. The summed E-state index contributed by atoms with van der Waals surface area (Å²) < 4.78 is 5.76. The second-order valence-electron chi connectivity index (χ2n) is 6.17. The first kappa shape index (κ1) is 18.6. The molecule has 1 aromatic heterocycles. The zero-order valence-electron chi connectivity index (χ0n) is 15.0. The van der Waals surface area contributed by atoms with Crippen molar-refractivity contribution in [2.24, 2.45) is 4.99 Å². The lowest BCUT2D eigenvalue weighted by Crippen LogP contribution is -1.87. The first-order chi connectivity index (χ1) is 14.1. The van der Waals surface area contributed by atoms with Crippen LogP contribution >= 0.6 is 11.6 Å². The Kier molecular flexibility index (Phi) is 5.18. The van der Waals surface area contributed by atoms with E-state index in [1.807, 2.05) is 24.3 Å². The zero-order valence-corrected chi connectivity index (χ0v) is 15.8. The Bertz CT molecular complexity index is 1240. The molecule has 0 aliphatic rings. The Morgan fingerprint density at radius 1 is 1.07 bits per heavy atom. The number of oxazole rings is 1. The van der Waals surface area contributed by atoms with Crippen LogP contribution in [0.4, 0.5) is 11.4 Å². The molecule has 0 unspecified atom stereocenters. The second-order valence-corrected chi connectivity index (χ2v) is 6.60. The molecule has 0 N–H and O–H groups in total. The molecule has 7 heteroatoms. The van der Waals surface area contributed by atoms with Gasteiger partial charge in [0.15, 0.2) is 5.58 Å². The fourth-order valence-corrected chi connectivity index (χ4v) is 2.91. The largest absolute Gasteiger partial charge is 0.436 e. The van der Waals surface area contributed by atoms with Crippen LogP contribution in [-0.2, 0) is 0 Å². The lowest BCUT2D eigenvalue weighted by molar-refractivity contribution is -0.384. The summed E-state index contributed by atoms with van der Waals surface area (Å²) in [4.78, 5) is 19.2. The number of nitro groups is 1. The number of nitrogens with zero attached hydrogens (tertiary/aromatic N) is 3. The summed E-state index contributed by atoms with van der Waals surface area (Å²) in [6.07, 6.45) is 5.13. The molecule has 4 rings (SSSR count). The number of non-ortho nitro benzene ring substituents is 1. The summed E-state index contributed by atoms with van der Waals surface area (Å²) in [5, 5.41) is 11.4. The second kappa shape index (κ2) is 8.08. The van der Waals surface area contributed by atoms with Crippen molar-refractivity contribution in [3.05, 3.63) is 93.5 Å². The lowest BCUT2D eigenvalue weighted by Gasteiger charge is -1.96. The molecular weight excluding hydrogens is 390 g/mol. The van der Waals surface area contributed by atoms with Crippen molar-refractivity contribution in [1.82, 2.24) is 4.98 Å². The molecule has 1 heterocycles. The van der Waals surface area contributed by atoms with Crippen molar-refractivity contribution in [2.75, 3.05) is 0 Å². The molecule has 0 spiro atoms. The third-order valence-corrected chi connectivity index (χ3v) is 4.38. The molecule has 0 aliphatic carbocycles. The van der Waals surface area contributed by atoms with E-state index in [1.165, 1.54) is 12.1 Å². The van der Waals surface area contributed by atoms with Gasteiger partial charge < -0.3 is 4.42 Å². The van der Waals surface area contributed by atoms with E-state index in [9.17, 15) is 10.1 Å². The maximum Gasteiger partial charge on any atom is 0.270 e. The molecule has 0 aliphatic heterocycles. The lowest BCUT2D eigenvalue weighted by atomic mass is 10.2. The van der Waals surface area contributed by atoms with Crippen LogP contribution in [0.15, 0.2) is 82.2 Å². The van der Waals surface area contributed by atoms with Gasteiger partial charge in [-0.25, -0.2) is 4.98 Å². The highest BCUT2D eigenvalue weighted by Crippen LogP contribution is 2.27. The van der Waals surface area contributed by atoms with Crippen LogP contribution in [0.1, 0.15) is 5.56 Å². The van der Waals surface area contributed by atoms with Crippen LogP contribution in [0.2, 0.25) is 5.02 Å². The number of halogens is 1. The number of benzene rings is 3. The van der Waals surface area contributed by atoms with E-state index in [2.05, 4.69) is 9.98 Å². The van der Waals surface area contributed by atoms with Crippen LogP contribution in [0, 0.1) is 10.1 Å². The highest BCUT2D eigenvalue weighted by atomic mass is 35.5. The third kappa shape index (κ3) is 4.39. The summed E-state index contributed by atoms with van der Waals surface area (Å²) in [6.45, 7) is 0. The Balaban J connectivity index is 1.46. The van der Waals surface area contributed by atoms with Gasteiger partial charge in [0, 0.05) is 28.9 Å². The van der Waals surface area contributed by atoms with E-state index >= 15 is 0 Å². The van der Waals surface area contributed by atoms with Crippen molar-refractivity contribution >= 4 is 46.4 Å². The molecule has 142 valence electrons. The number of hydrogen-bond donors (Lipinski definition) is 0. The topological polar surface area (TPSA) is 81.5 Å². The summed E-state index contributed by atoms with van der Waals surface area (Å²) in [7, 11) is 0. The highest BCUT2D eigenvalue weighted by molar-refractivity contribution is 6.31. The first-order valence-electron chi connectivity index (χ1n) is 8.70. The number of hydrogen-bond acceptors (Lipinski definition) is 5. The monoisotopic (exact) mass is 403 g/mol. The normalized spacial score (nSPS) is 11.6. The van der Waals surface area contributed by atoms with E-state index in [0.29, 0.717) is 22.0 Å². The Morgan fingerprint density at radius 3 is 2.69 bits per heavy atom. The minimum atomic E-state index is -0.418. The summed E-state index contributed by atoms with van der Waals surface area (Å²) in [5.41, 5.74) is 3.77. The van der Waals surface area contributed by atoms with Crippen LogP contribution in [0.3, 0.4) is 0 Å². The molecule has 0 fully saturated rings. The maximum absolute atomic E-state index is 10.8. The molecule has 29 heavy (non-hydrogen) atoms. The zero-order chi connectivity index (χ0) is 20.2. The molecule has 0 atom stereocenters. The van der Waals surface area contributed by atoms with Gasteiger partial charge in [0.1, 0.15) is 5.52 Å².